The number of benzene rings is 2. The minimum absolute atomic E-state index is 0.0397. The fourth-order valence-corrected chi connectivity index (χ4v) is 3.92. The number of aryl methyl sites for hydroxylation is 1. The topological polar surface area (TPSA) is 109 Å². The normalized spacial score (nSPS) is 14.8. The van der Waals surface area contributed by atoms with Crippen molar-refractivity contribution in [1.29, 1.82) is 5.41 Å². The van der Waals surface area contributed by atoms with Crippen molar-refractivity contribution in [2.45, 2.75) is 39.2 Å². The van der Waals surface area contributed by atoms with Crippen LogP contribution in [0.2, 0.25) is 0 Å². The van der Waals surface area contributed by atoms with Crippen LogP contribution in [-0.4, -0.2) is 48.4 Å². The van der Waals surface area contributed by atoms with Gasteiger partial charge in [0.05, 0.1) is 19.6 Å². The molecule has 1 aliphatic heterocycles. The minimum atomic E-state index is -0.257. The van der Waals surface area contributed by atoms with Crippen LogP contribution in [0, 0.1) is 24.2 Å². The number of carbonyl (C=O) groups excluding carboxylic acids is 2. The number of esters is 1. The summed E-state index contributed by atoms with van der Waals surface area (Å²) in [4.78, 5) is 26.8. The van der Waals surface area contributed by atoms with Crippen molar-refractivity contribution in [2.24, 2.45) is 5.73 Å². The van der Waals surface area contributed by atoms with Gasteiger partial charge in [-0.2, -0.15) is 0 Å². The second kappa shape index (κ2) is 11.2. The summed E-state index contributed by atoms with van der Waals surface area (Å²) in [5.41, 5.74) is 9.37. The van der Waals surface area contributed by atoms with E-state index in [-0.39, 0.29) is 30.2 Å². The number of amides is 1. The molecule has 172 valence electrons. The second-order valence-corrected chi connectivity index (χ2v) is 7.98. The van der Waals surface area contributed by atoms with Crippen molar-refractivity contribution in [3.8, 4) is 11.8 Å². The summed E-state index contributed by atoms with van der Waals surface area (Å²) in [6.45, 7) is 5.16. The van der Waals surface area contributed by atoms with Gasteiger partial charge in [-0.25, -0.2) is 0 Å². The largest absolute Gasteiger partial charge is 0.466 e. The molecule has 7 nitrogen and oxygen atoms in total. The number of nitrogens with zero attached hydrogens (tertiary/aromatic N) is 1. The van der Waals surface area contributed by atoms with Gasteiger partial charge in [0.15, 0.2) is 0 Å². The Balaban J connectivity index is 1.60. The first kappa shape index (κ1) is 23.9. The molecule has 1 atom stereocenters. The van der Waals surface area contributed by atoms with Crippen LogP contribution in [0.4, 0.5) is 5.69 Å². The molecule has 1 amide bonds. The number of anilines is 1. The van der Waals surface area contributed by atoms with Gasteiger partial charge in [0.25, 0.3) is 5.91 Å². The molecule has 1 unspecified atom stereocenters. The van der Waals surface area contributed by atoms with Gasteiger partial charge in [0, 0.05) is 35.0 Å². The lowest BCUT2D eigenvalue weighted by Crippen LogP contribution is -2.37. The number of rotatable bonds is 7. The first-order valence-electron chi connectivity index (χ1n) is 11.1. The third kappa shape index (κ3) is 6.36. The maximum atomic E-state index is 13.1. The molecule has 2 aromatic carbocycles. The lowest BCUT2D eigenvalue weighted by Gasteiger charge is -2.25. The number of carbonyl (C=O) groups is 2. The summed E-state index contributed by atoms with van der Waals surface area (Å²) < 4.78 is 5.06. The number of nitrogens with two attached hydrogens (primary N) is 1. The van der Waals surface area contributed by atoms with E-state index in [1.807, 2.05) is 37.3 Å². The molecule has 33 heavy (non-hydrogen) atoms. The van der Waals surface area contributed by atoms with Gasteiger partial charge in [-0.05, 0) is 74.7 Å². The zero-order valence-corrected chi connectivity index (χ0v) is 19.1. The first-order chi connectivity index (χ1) is 15.9. The summed E-state index contributed by atoms with van der Waals surface area (Å²) in [5.74, 6) is 5.94. The maximum Gasteiger partial charge on any atom is 0.307 e. The number of nitrogen functional groups attached to an aromatic ring is 1. The number of hydrogen-bond acceptors (Lipinski definition) is 5. The Kier molecular flexibility index (Phi) is 8.09. The predicted octanol–water partition coefficient (Wildman–Crippen LogP) is 3.30. The molecule has 1 fully saturated rings. The van der Waals surface area contributed by atoms with Crippen molar-refractivity contribution < 1.29 is 14.3 Å². The van der Waals surface area contributed by atoms with E-state index in [1.54, 1.807) is 24.0 Å². The third-order valence-electron chi connectivity index (χ3n) is 5.61. The molecular weight excluding hydrogens is 416 g/mol. The molecule has 7 heteroatoms. The Morgan fingerprint density at radius 2 is 2.00 bits per heavy atom. The average molecular weight is 447 g/mol. The lowest BCUT2D eigenvalue weighted by molar-refractivity contribution is -0.144. The second-order valence-electron chi connectivity index (χ2n) is 7.98. The summed E-state index contributed by atoms with van der Waals surface area (Å²) in [5, 5.41) is 10.6. The van der Waals surface area contributed by atoms with Gasteiger partial charge in [-0.3, -0.25) is 15.0 Å². The van der Waals surface area contributed by atoms with E-state index in [1.165, 1.54) is 0 Å². The molecule has 0 radical (unpaired) electrons. The number of nitrogens with one attached hydrogen (secondary N) is 2. The lowest BCUT2D eigenvalue weighted by atomic mass is 10.0. The summed E-state index contributed by atoms with van der Waals surface area (Å²) >= 11 is 0. The molecular formula is C26H30N4O3. The van der Waals surface area contributed by atoms with Crippen LogP contribution in [-0.2, 0) is 9.53 Å². The van der Waals surface area contributed by atoms with E-state index < -0.39 is 0 Å². The van der Waals surface area contributed by atoms with E-state index in [0.29, 0.717) is 30.8 Å². The molecule has 0 bridgehead atoms. The van der Waals surface area contributed by atoms with Gasteiger partial charge in [-0.1, -0.05) is 11.8 Å². The van der Waals surface area contributed by atoms with Crippen molar-refractivity contribution in [3.63, 3.8) is 0 Å². The zero-order chi connectivity index (χ0) is 23.8. The number of likely N-dealkylation sites (tertiary alicyclic amines) is 1. The summed E-state index contributed by atoms with van der Waals surface area (Å²) in [7, 11) is 0. The molecule has 0 spiro atoms. The van der Waals surface area contributed by atoms with Crippen molar-refractivity contribution in [2.75, 3.05) is 25.0 Å². The number of amidine groups is 1. The zero-order valence-electron chi connectivity index (χ0n) is 19.1. The maximum absolute atomic E-state index is 13.1. The Morgan fingerprint density at radius 3 is 2.67 bits per heavy atom. The number of hydrogen-bond donors (Lipinski definition) is 3. The van der Waals surface area contributed by atoms with E-state index in [0.717, 1.165) is 29.7 Å². The molecule has 2 aromatic rings. The van der Waals surface area contributed by atoms with E-state index >= 15 is 0 Å². The predicted molar refractivity (Wildman–Crippen MR) is 129 cm³/mol. The fraction of sp³-hybridized carbons (Fsp3) is 0.346. The third-order valence-corrected chi connectivity index (χ3v) is 5.61. The highest BCUT2D eigenvalue weighted by Crippen LogP contribution is 2.24. The van der Waals surface area contributed by atoms with Gasteiger partial charge < -0.3 is 20.7 Å². The first-order valence-corrected chi connectivity index (χ1v) is 11.1. The van der Waals surface area contributed by atoms with Crippen LogP contribution >= 0.6 is 0 Å². The Bertz CT molecular complexity index is 1080. The molecule has 4 N–H and O–H groups in total. The molecule has 0 aromatic heterocycles. The van der Waals surface area contributed by atoms with Crippen LogP contribution in [0.1, 0.15) is 53.2 Å². The van der Waals surface area contributed by atoms with E-state index in [9.17, 15) is 9.59 Å². The highest BCUT2D eigenvalue weighted by Gasteiger charge is 2.31. The van der Waals surface area contributed by atoms with Crippen LogP contribution in [0.3, 0.4) is 0 Å². The highest BCUT2D eigenvalue weighted by atomic mass is 16.5. The SMILES string of the molecule is CCOC(=O)CC1CCCN1C(=O)c1ccc(C#CCNc2ccc(C(=N)N)cc2)cc1C. The quantitative estimate of drug-likeness (QED) is 0.262. The molecule has 0 saturated carbocycles. The Morgan fingerprint density at radius 1 is 1.24 bits per heavy atom. The summed E-state index contributed by atoms with van der Waals surface area (Å²) in [6.07, 6.45) is 1.95. The van der Waals surface area contributed by atoms with E-state index in [4.69, 9.17) is 15.9 Å². The summed E-state index contributed by atoms with van der Waals surface area (Å²) in [6, 6.07) is 12.8. The van der Waals surface area contributed by atoms with Gasteiger partial charge in [0.2, 0.25) is 0 Å². The molecule has 1 aliphatic rings. The van der Waals surface area contributed by atoms with Gasteiger partial charge in [-0.15, -0.1) is 0 Å². The highest BCUT2D eigenvalue weighted by molar-refractivity contribution is 5.96. The molecule has 1 saturated heterocycles. The van der Waals surface area contributed by atoms with Crippen LogP contribution in [0.15, 0.2) is 42.5 Å². The monoisotopic (exact) mass is 446 g/mol. The number of ether oxygens (including phenoxy) is 1. The van der Waals surface area contributed by atoms with Crippen LogP contribution < -0.4 is 11.1 Å². The Hall–Kier alpha value is -3.79. The smallest absolute Gasteiger partial charge is 0.307 e. The average Bonchev–Trinajstić information content (AvgIpc) is 3.25. The minimum Gasteiger partial charge on any atom is -0.466 e. The molecule has 1 heterocycles. The molecule has 3 rings (SSSR count). The van der Waals surface area contributed by atoms with Crippen LogP contribution in [0.25, 0.3) is 0 Å². The van der Waals surface area contributed by atoms with Gasteiger partial charge >= 0.3 is 5.97 Å². The van der Waals surface area contributed by atoms with Crippen molar-refractivity contribution in [1.82, 2.24) is 4.90 Å². The van der Waals surface area contributed by atoms with Gasteiger partial charge in [0.1, 0.15) is 5.84 Å². The van der Waals surface area contributed by atoms with Crippen molar-refractivity contribution >= 4 is 23.4 Å². The molecule has 0 aliphatic carbocycles. The Labute approximate surface area is 194 Å². The van der Waals surface area contributed by atoms with E-state index in [2.05, 4.69) is 17.2 Å². The fourth-order valence-electron chi connectivity index (χ4n) is 3.92. The van der Waals surface area contributed by atoms with Crippen LogP contribution in [0.5, 0.6) is 0 Å². The van der Waals surface area contributed by atoms with Crippen molar-refractivity contribution in [3.05, 3.63) is 64.7 Å². The standard InChI is InChI=1S/C26H30N4O3/c1-3-33-24(31)17-22-7-5-15-30(22)26(32)23-13-8-19(16-18(23)2)6-4-14-29-21-11-9-20(10-12-21)25(27)28/h8-13,16,22,29H,3,5,7,14-15,17H2,1-2H3,(H3,27,28).